The van der Waals surface area contributed by atoms with E-state index in [4.69, 9.17) is 0 Å². The second-order valence-electron chi connectivity index (χ2n) is 7.17. The average molecular weight is 382 g/mol. The van der Waals surface area contributed by atoms with Crippen molar-refractivity contribution in [1.82, 2.24) is 30.0 Å². The largest absolute Gasteiger partial charge is 0.324 e. The standard InChI is InChI=1S/C18H19FN8O/c19-14-7-6-12(9-15(14)27-17(11-4-5-11)22-24-25-27)20-18(28)21-16-10-13-3-1-2-8-26(13)23-16/h6-7,9-11H,1-5,8H2,(H2,20,21,23,28). The fourth-order valence-corrected chi connectivity index (χ4v) is 3.47. The normalized spacial score (nSPS) is 15.9. The first-order chi connectivity index (χ1) is 13.7. The first-order valence-corrected chi connectivity index (χ1v) is 9.40. The van der Waals surface area contributed by atoms with Gasteiger partial charge in [-0.15, -0.1) is 5.10 Å². The van der Waals surface area contributed by atoms with Gasteiger partial charge in [0, 0.05) is 29.9 Å². The zero-order valence-electron chi connectivity index (χ0n) is 15.1. The van der Waals surface area contributed by atoms with Crippen LogP contribution in [0.5, 0.6) is 0 Å². The molecule has 2 aromatic heterocycles. The molecule has 0 radical (unpaired) electrons. The van der Waals surface area contributed by atoms with E-state index in [0.29, 0.717) is 17.3 Å². The minimum Gasteiger partial charge on any atom is -0.308 e. The summed E-state index contributed by atoms with van der Waals surface area (Å²) in [6.07, 6.45) is 5.19. The lowest BCUT2D eigenvalue weighted by atomic mass is 10.1. The topological polar surface area (TPSA) is 103 Å². The number of carbonyl (C=O) groups is 1. The highest BCUT2D eigenvalue weighted by atomic mass is 19.1. The van der Waals surface area contributed by atoms with E-state index in [1.54, 1.807) is 0 Å². The van der Waals surface area contributed by atoms with Crippen LogP contribution in [0.3, 0.4) is 0 Å². The van der Waals surface area contributed by atoms with Crippen molar-refractivity contribution < 1.29 is 9.18 Å². The summed E-state index contributed by atoms with van der Waals surface area (Å²) in [5.74, 6) is 0.959. The number of hydrogen-bond donors (Lipinski definition) is 2. The van der Waals surface area contributed by atoms with Crippen LogP contribution in [0.4, 0.5) is 20.7 Å². The Kier molecular flexibility index (Phi) is 4.03. The summed E-state index contributed by atoms with van der Waals surface area (Å²) in [5, 5.41) is 21.4. The first-order valence-electron chi connectivity index (χ1n) is 9.40. The lowest BCUT2D eigenvalue weighted by Gasteiger charge is -2.11. The Morgan fingerprint density at radius 2 is 2.07 bits per heavy atom. The van der Waals surface area contributed by atoms with Crippen molar-refractivity contribution in [2.45, 2.75) is 44.6 Å². The molecule has 28 heavy (non-hydrogen) atoms. The number of aryl methyl sites for hydroxylation is 2. The molecule has 3 aromatic rings. The van der Waals surface area contributed by atoms with E-state index in [1.807, 2.05) is 10.7 Å². The number of hydrogen-bond acceptors (Lipinski definition) is 5. The van der Waals surface area contributed by atoms with Crippen molar-refractivity contribution in [2.75, 3.05) is 10.6 Å². The predicted octanol–water partition coefficient (Wildman–Crippen LogP) is 2.86. The number of benzene rings is 1. The molecule has 0 bridgehead atoms. The van der Waals surface area contributed by atoms with Crippen LogP contribution in [0.15, 0.2) is 24.3 Å². The fraction of sp³-hybridized carbons (Fsp3) is 0.389. The van der Waals surface area contributed by atoms with Crippen LogP contribution >= 0.6 is 0 Å². The number of carbonyl (C=O) groups excluding carboxylic acids is 1. The molecule has 0 atom stereocenters. The summed E-state index contributed by atoms with van der Waals surface area (Å²) in [5.41, 5.74) is 1.77. The van der Waals surface area contributed by atoms with Gasteiger partial charge in [0.05, 0.1) is 0 Å². The number of nitrogens with zero attached hydrogens (tertiary/aromatic N) is 6. The zero-order chi connectivity index (χ0) is 19.1. The van der Waals surface area contributed by atoms with E-state index in [-0.39, 0.29) is 11.6 Å². The van der Waals surface area contributed by atoms with Gasteiger partial charge in [0.25, 0.3) is 0 Å². The predicted molar refractivity (Wildman–Crippen MR) is 98.9 cm³/mol. The van der Waals surface area contributed by atoms with Crippen molar-refractivity contribution in [3.05, 3.63) is 41.6 Å². The molecule has 2 N–H and O–H groups in total. The number of rotatable bonds is 4. The summed E-state index contributed by atoms with van der Waals surface area (Å²) in [4.78, 5) is 12.4. The Morgan fingerprint density at radius 1 is 1.18 bits per heavy atom. The molecule has 1 aromatic carbocycles. The number of tetrazole rings is 1. The summed E-state index contributed by atoms with van der Waals surface area (Å²) in [6.45, 7) is 0.870. The molecule has 9 nitrogen and oxygen atoms in total. The molecule has 1 saturated carbocycles. The number of halogens is 1. The van der Waals surface area contributed by atoms with Crippen molar-refractivity contribution in [3.8, 4) is 5.69 Å². The quantitative estimate of drug-likeness (QED) is 0.722. The van der Waals surface area contributed by atoms with E-state index >= 15 is 0 Å². The van der Waals surface area contributed by atoms with Gasteiger partial charge in [-0.05, 0) is 60.7 Å². The van der Waals surface area contributed by atoms with Crippen molar-refractivity contribution in [2.24, 2.45) is 0 Å². The molecule has 1 aliphatic carbocycles. The van der Waals surface area contributed by atoms with Crippen molar-refractivity contribution >= 4 is 17.5 Å². The third-order valence-corrected chi connectivity index (χ3v) is 5.03. The maximum atomic E-state index is 14.4. The fourth-order valence-electron chi connectivity index (χ4n) is 3.47. The Bertz CT molecular complexity index is 1010. The maximum Gasteiger partial charge on any atom is 0.324 e. The van der Waals surface area contributed by atoms with Gasteiger partial charge < -0.3 is 5.32 Å². The minimum absolute atomic E-state index is 0.210. The summed E-state index contributed by atoms with van der Waals surface area (Å²) in [7, 11) is 0. The van der Waals surface area contributed by atoms with E-state index in [1.165, 1.54) is 22.9 Å². The lowest BCUT2D eigenvalue weighted by Crippen LogP contribution is -2.20. The summed E-state index contributed by atoms with van der Waals surface area (Å²) < 4.78 is 17.7. The van der Waals surface area contributed by atoms with Crippen molar-refractivity contribution in [1.29, 1.82) is 0 Å². The third-order valence-electron chi connectivity index (χ3n) is 5.03. The summed E-state index contributed by atoms with van der Waals surface area (Å²) in [6, 6.07) is 5.76. The van der Waals surface area contributed by atoms with E-state index in [2.05, 4.69) is 31.3 Å². The number of amides is 2. The molecule has 10 heteroatoms. The second kappa shape index (κ2) is 6.70. The minimum atomic E-state index is -0.457. The van der Waals surface area contributed by atoms with Gasteiger partial charge in [0.15, 0.2) is 11.6 Å². The van der Waals surface area contributed by atoms with Gasteiger partial charge in [-0.1, -0.05) is 0 Å². The molecule has 3 heterocycles. The smallest absolute Gasteiger partial charge is 0.308 e. The van der Waals surface area contributed by atoms with Gasteiger partial charge >= 0.3 is 6.03 Å². The Hall–Kier alpha value is -3.30. The number of anilines is 2. The number of urea groups is 1. The molecule has 144 valence electrons. The summed E-state index contributed by atoms with van der Waals surface area (Å²) >= 11 is 0. The van der Waals surface area contributed by atoms with Crippen LogP contribution in [0, 0.1) is 5.82 Å². The number of fused-ring (bicyclic) bond motifs is 1. The van der Waals surface area contributed by atoms with Gasteiger partial charge in [-0.3, -0.25) is 10.00 Å². The van der Waals surface area contributed by atoms with Gasteiger partial charge in [0.2, 0.25) is 0 Å². The van der Waals surface area contributed by atoms with E-state index in [0.717, 1.165) is 44.3 Å². The number of aromatic nitrogens is 6. The average Bonchev–Trinajstić information content (AvgIpc) is 3.26. The van der Waals surface area contributed by atoms with Gasteiger partial charge in [-0.2, -0.15) is 9.78 Å². The molecule has 0 saturated heterocycles. The highest BCUT2D eigenvalue weighted by Gasteiger charge is 2.30. The zero-order valence-corrected chi connectivity index (χ0v) is 15.1. The molecular weight excluding hydrogens is 363 g/mol. The monoisotopic (exact) mass is 382 g/mol. The maximum absolute atomic E-state index is 14.4. The highest BCUT2D eigenvalue weighted by Crippen LogP contribution is 2.39. The van der Waals surface area contributed by atoms with Gasteiger partial charge in [0.1, 0.15) is 11.5 Å². The number of nitrogens with one attached hydrogen (secondary N) is 2. The van der Waals surface area contributed by atoms with E-state index in [9.17, 15) is 9.18 Å². The van der Waals surface area contributed by atoms with Crippen LogP contribution < -0.4 is 10.6 Å². The van der Waals surface area contributed by atoms with Crippen LogP contribution in [-0.4, -0.2) is 36.0 Å². The van der Waals surface area contributed by atoms with Crippen LogP contribution in [0.1, 0.15) is 43.1 Å². The Labute approximate surface area is 159 Å². The lowest BCUT2D eigenvalue weighted by molar-refractivity contribution is 0.262. The Balaban J connectivity index is 1.33. The second-order valence-corrected chi connectivity index (χ2v) is 7.17. The molecule has 5 rings (SSSR count). The molecule has 0 unspecified atom stereocenters. The molecule has 0 spiro atoms. The molecular formula is C18H19FN8O. The van der Waals surface area contributed by atoms with Gasteiger partial charge in [-0.25, -0.2) is 9.18 Å². The molecule has 1 fully saturated rings. The molecule has 2 aliphatic rings. The highest BCUT2D eigenvalue weighted by molar-refractivity contribution is 5.99. The molecule has 2 amide bonds. The van der Waals surface area contributed by atoms with Crippen LogP contribution in [0.25, 0.3) is 5.69 Å². The third kappa shape index (κ3) is 3.21. The molecule has 1 aliphatic heterocycles. The Morgan fingerprint density at radius 3 is 2.89 bits per heavy atom. The van der Waals surface area contributed by atoms with Crippen LogP contribution in [-0.2, 0) is 13.0 Å². The first kappa shape index (κ1) is 16.8. The van der Waals surface area contributed by atoms with E-state index < -0.39 is 11.8 Å². The van der Waals surface area contributed by atoms with Crippen molar-refractivity contribution in [3.63, 3.8) is 0 Å². The SMILES string of the molecule is O=C(Nc1ccc(F)c(-n2nnnc2C2CC2)c1)Nc1cc2n(n1)CCCC2. The van der Waals surface area contributed by atoms with Crippen LogP contribution in [0.2, 0.25) is 0 Å².